The third-order valence-electron chi connectivity index (χ3n) is 2.63. The Bertz CT molecular complexity index is 549. The van der Waals surface area contributed by atoms with Gasteiger partial charge in [0.2, 0.25) is 0 Å². The van der Waals surface area contributed by atoms with E-state index in [2.05, 4.69) is 20.9 Å². The summed E-state index contributed by atoms with van der Waals surface area (Å²) in [7, 11) is 0. The Kier molecular flexibility index (Phi) is 4.39. The lowest BCUT2D eigenvalue weighted by Crippen LogP contribution is -2.35. The zero-order valence-corrected chi connectivity index (χ0v) is 12.6. The van der Waals surface area contributed by atoms with Crippen molar-refractivity contribution in [1.82, 2.24) is 9.38 Å². The molecule has 0 saturated heterocycles. The van der Waals surface area contributed by atoms with E-state index in [9.17, 15) is 13.2 Å². The summed E-state index contributed by atoms with van der Waals surface area (Å²) >= 11 is 4.74. The average Bonchev–Trinajstić information content (AvgIpc) is 2.85. The highest BCUT2D eigenvalue weighted by molar-refractivity contribution is 9.08. The molecule has 0 radical (unpaired) electrons. The molecule has 0 aromatic carbocycles. The number of halogens is 4. The van der Waals surface area contributed by atoms with Gasteiger partial charge in [-0.2, -0.15) is 13.2 Å². The first-order valence-corrected chi connectivity index (χ1v) is 7.78. The highest BCUT2D eigenvalue weighted by Crippen LogP contribution is 2.29. The fourth-order valence-corrected chi connectivity index (χ4v) is 3.19. The van der Waals surface area contributed by atoms with Crippen molar-refractivity contribution in [3.63, 3.8) is 0 Å². The summed E-state index contributed by atoms with van der Waals surface area (Å²) in [6.07, 6.45) is -1.76. The Labute approximate surface area is 121 Å². The standard InChI is InChI=1S/C11H13BrF3N3S/c1-2-3-17(7-11(13,14)15)9-8(6-12)18-4-5-19-10(18)16-9/h4-5H,2-3,6-7H2,1H3. The van der Waals surface area contributed by atoms with Crippen molar-refractivity contribution < 1.29 is 13.2 Å². The maximum absolute atomic E-state index is 12.6. The normalized spacial score (nSPS) is 12.3. The van der Waals surface area contributed by atoms with Crippen LogP contribution in [0.5, 0.6) is 0 Å². The Morgan fingerprint density at radius 3 is 2.79 bits per heavy atom. The first kappa shape index (κ1) is 14.6. The number of hydrogen-bond donors (Lipinski definition) is 0. The molecule has 0 N–H and O–H groups in total. The number of anilines is 1. The lowest BCUT2D eigenvalue weighted by atomic mass is 10.3. The van der Waals surface area contributed by atoms with Crippen LogP contribution in [0.1, 0.15) is 19.0 Å². The molecule has 0 atom stereocenters. The summed E-state index contributed by atoms with van der Waals surface area (Å²) in [5.74, 6) is 0.419. The molecule has 106 valence electrons. The summed E-state index contributed by atoms with van der Waals surface area (Å²) in [5, 5.41) is 2.34. The molecule has 2 heterocycles. The smallest absolute Gasteiger partial charge is 0.346 e. The molecule has 0 aliphatic rings. The zero-order valence-electron chi connectivity index (χ0n) is 10.2. The molecule has 0 saturated carbocycles. The van der Waals surface area contributed by atoms with Crippen LogP contribution in [0.25, 0.3) is 4.96 Å². The Morgan fingerprint density at radius 1 is 1.47 bits per heavy atom. The number of aromatic nitrogens is 2. The molecular weight excluding hydrogens is 343 g/mol. The summed E-state index contributed by atoms with van der Waals surface area (Å²) in [4.78, 5) is 6.34. The number of rotatable bonds is 5. The van der Waals surface area contributed by atoms with Crippen molar-refractivity contribution in [3.05, 3.63) is 17.3 Å². The highest BCUT2D eigenvalue weighted by atomic mass is 79.9. The van der Waals surface area contributed by atoms with Gasteiger partial charge >= 0.3 is 6.18 Å². The lowest BCUT2D eigenvalue weighted by molar-refractivity contribution is -0.119. The quantitative estimate of drug-likeness (QED) is 0.753. The van der Waals surface area contributed by atoms with Crippen LogP contribution in [0.4, 0.5) is 19.0 Å². The molecule has 0 unspecified atom stereocenters. The molecular formula is C11H13BrF3N3S. The van der Waals surface area contributed by atoms with E-state index < -0.39 is 12.7 Å². The largest absolute Gasteiger partial charge is 0.405 e. The summed E-state index contributed by atoms with van der Waals surface area (Å²) < 4.78 is 39.8. The number of fused-ring (bicyclic) bond motifs is 1. The van der Waals surface area contributed by atoms with Crippen molar-refractivity contribution in [2.75, 3.05) is 18.0 Å². The van der Waals surface area contributed by atoms with E-state index in [1.54, 1.807) is 0 Å². The van der Waals surface area contributed by atoms with Gasteiger partial charge in [0.15, 0.2) is 10.8 Å². The fourth-order valence-electron chi connectivity index (χ4n) is 1.94. The van der Waals surface area contributed by atoms with Crippen molar-refractivity contribution in [2.24, 2.45) is 0 Å². The van der Waals surface area contributed by atoms with Crippen LogP contribution in [0.15, 0.2) is 11.6 Å². The van der Waals surface area contributed by atoms with E-state index in [0.717, 1.165) is 5.69 Å². The van der Waals surface area contributed by atoms with E-state index in [-0.39, 0.29) is 0 Å². The number of hydrogen-bond acceptors (Lipinski definition) is 3. The van der Waals surface area contributed by atoms with E-state index >= 15 is 0 Å². The van der Waals surface area contributed by atoms with Crippen molar-refractivity contribution in [1.29, 1.82) is 0 Å². The van der Waals surface area contributed by atoms with Crippen LogP contribution >= 0.6 is 27.3 Å². The molecule has 0 fully saturated rings. The molecule has 2 rings (SSSR count). The summed E-state index contributed by atoms with van der Waals surface area (Å²) in [6, 6.07) is 0. The van der Waals surface area contributed by atoms with Gasteiger partial charge in [0.05, 0.1) is 5.69 Å². The summed E-state index contributed by atoms with van der Waals surface area (Å²) in [5.41, 5.74) is 0.758. The van der Waals surface area contributed by atoms with Gasteiger partial charge in [-0.05, 0) is 6.42 Å². The van der Waals surface area contributed by atoms with Crippen LogP contribution in [0.2, 0.25) is 0 Å². The predicted octanol–water partition coefficient (Wildman–Crippen LogP) is 4.07. The minimum Gasteiger partial charge on any atom is -0.346 e. The molecule has 3 nitrogen and oxygen atoms in total. The molecule has 0 aliphatic carbocycles. The van der Waals surface area contributed by atoms with Crippen LogP contribution in [-0.2, 0) is 5.33 Å². The van der Waals surface area contributed by atoms with Crippen LogP contribution in [0.3, 0.4) is 0 Å². The van der Waals surface area contributed by atoms with Gasteiger partial charge < -0.3 is 4.90 Å². The van der Waals surface area contributed by atoms with Gasteiger partial charge in [0.1, 0.15) is 6.54 Å². The van der Waals surface area contributed by atoms with Gasteiger partial charge in [-0.15, -0.1) is 11.3 Å². The molecule has 2 aromatic rings. The van der Waals surface area contributed by atoms with E-state index in [0.29, 0.717) is 29.1 Å². The molecule has 0 bridgehead atoms. The molecule has 0 amide bonds. The van der Waals surface area contributed by atoms with Crippen molar-refractivity contribution in [3.8, 4) is 0 Å². The minimum atomic E-state index is -4.23. The van der Waals surface area contributed by atoms with E-state index in [4.69, 9.17) is 0 Å². The zero-order chi connectivity index (χ0) is 14.0. The SMILES string of the molecule is CCCN(CC(F)(F)F)c1nc2sccn2c1CBr. The Balaban J connectivity index is 2.40. The third kappa shape index (κ3) is 3.22. The molecule has 2 aromatic heterocycles. The second-order valence-corrected chi connectivity index (χ2v) is 5.54. The van der Waals surface area contributed by atoms with Gasteiger partial charge in [0, 0.05) is 23.5 Å². The van der Waals surface area contributed by atoms with Gasteiger partial charge in [0.25, 0.3) is 0 Å². The van der Waals surface area contributed by atoms with Gasteiger partial charge in [-0.3, -0.25) is 4.40 Å². The number of imidazole rings is 1. The Hall–Kier alpha value is -0.760. The van der Waals surface area contributed by atoms with Gasteiger partial charge in [-0.25, -0.2) is 4.98 Å². The minimum absolute atomic E-state index is 0.338. The molecule has 0 spiro atoms. The maximum atomic E-state index is 12.6. The second-order valence-electron chi connectivity index (χ2n) is 4.11. The van der Waals surface area contributed by atoms with Crippen molar-refractivity contribution in [2.45, 2.75) is 24.9 Å². The molecule has 19 heavy (non-hydrogen) atoms. The first-order chi connectivity index (χ1) is 8.96. The lowest BCUT2D eigenvalue weighted by Gasteiger charge is -2.24. The summed E-state index contributed by atoms with van der Waals surface area (Å²) in [6.45, 7) is 1.23. The van der Waals surface area contributed by atoms with Crippen molar-refractivity contribution >= 4 is 38.0 Å². The topological polar surface area (TPSA) is 20.5 Å². The maximum Gasteiger partial charge on any atom is 0.405 e. The highest BCUT2D eigenvalue weighted by Gasteiger charge is 2.32. The van der Waals surface area contributed by atoms with Crippen LogP contribution in [-0.4, -0.2) is 28.7 Å². The van der Waals surface area contributed by atoms with Crippen LogP contribution < -0.4 is 4.90 Å². The fraction of sp³-hybridized carbons (Fsp3) is 0.545. The second kappa shape index (κ2) is 5.70. The molecule has 0 aliphatic heterocycles. The predicted molar refractivity (Wildman–Crippen MR) is 74.3 cm³/mol. The van der Waals surface area contributed by atoms with E-state index in [1.807, 2.05) is 22.9 Å². The van der Waals surface area contributed by atoms with E-state index in [1.165, 1.54) is 16.2 Å². The van der Waals surface area contributed by atoms with Crippen LogP contribution in [0, 0.1) is 0 Å². The first-order valence-electron chi connectivity index (χ1n) is 5.78. The third-order valence-corrected chi connectivity index (χ3v) is 3.92. The Morgan fingerprint density at radius 2 is 2.21 bits per heavy atom. The number of nitrogens with zero attached hydrogens (tertiary/aromatic N) is 3. The monoisotopic (exact) mass is 355 g/mol. The molecule has 8 heteroatoms. The number of alkyl halides is 4. The average molecular weight is 356 g/mol. The number of thiazole rings is 1. The van der Waals surface area contributed by atoms with Gasteiger partial charge in [-0.1, -0.05) is 22.9 Å².